The van der Waals surface area contributed by atoms with Gasteiger partial charge in [-0.2, -0.15) is 0 Å². The predicted octanol–water partition coefficient (Wildman–Crippen LogP) is 5.78. The summed E-state index contributed by atoms with van der Waals surface area (Å²) in [4.78, 5) is 5.20. The van der Waals surface area contributed by atoms with Crippen molar-refractivity contribution in [3.63, 3.8) is 0 Å². The van der Waals surface area contributed by atoms with Gasteiger partial charge in [0.05, 0.1) is 0 Å². The molecule has 1 aliphatic carbocycles. The van der Waals surface area contributed by atoms with Gasteiger partial charge in [-0.15, -0.1) is 0 Å². The summed E-state index contributed by atoms with van der Waals surface area (Å²) >= 11 is 2.99. The Hall–Kier alpha value is -0.121. The van der Waals surface area contributed by atoms with Crippen LogP contribution in [-0.4, -0.2) is 25.6 Å². The van der Waals surface area contributed by atoms with E-state index in [0.29, 0.717) is 21.0 Å². The van der Waals surface area contributed by atoms with Crippen molar-refractivity contribution >= 4 is 46.6 Å². The molecule has 1 fully saturated rings. The quantitative estimate of drug-likeness (QED) is 0.390. The molecule has 3 rings (SSSR count). The molecule has 118 valence electrons. The van der Waals surface area contributed by atoms with Crippen molar-refractivity contribution in [2.45, 2.75) is 64.3 Å². The Morgan fingerprint density at radius 2 is 1.91 bits per heavy atom. The number of unbranched alkanes of at least 4 members (excludes halogenated alkanes) is 1. The van der Waals surface area contributed by atoms with Crippen LogP contribution in [-0.2, 0) is 0 Å². The molecule has 22 heavy (non-hydrogen) atoms. The molecule has 1 aromatic rings. The SMILES string of the molecule is CCCC/C(I)=C1/[Se]C(=NC2CCCCC2)c2ccccc21. The molecule has 1 aliphatic heterocycles. The first kappa shape index (κ1) is 16.7. The molecule has 2 aliphatic rings. The summed E-state index contributed by atoms with van der Waals surface area (Å²) in [6, 6.07) is 9.54. The molecular formula is C19H24INSe. The Bertz CT molecular complexity index is 585. The van der Waals surface area contributed by atoms with Gasteiger partial charge in [0.2, 0.25) is 0 Å². The van der Waals surface area contributed by atoms with E-state index in [2.05, 4.69) is 53.8 Å². The third-order valence-electron chi connectivity index (χ3n) is 4.47. The van der Waals surface area contributed by atoms with Crippen molar-refractivity contribution in [2.75, 3.05) is 0 Å². The van der Waals surface area contributed by atoms with Gasteiger partial charge >= 0.3 is 155 Å². The minimum absolute atomic E-state index is 0.408. The first-order valence-corrected chi connectivity index (χ1v) is 11.3. The van der Waals surface area contributed by atoms with Crippen LogP contribution in [0.5, 0.6) is 0 Å². The van der Waals surface area contributed by atoms with Crippen LogP contribution in [0.15, 0.2) is 32.8 Å². The normalized spacial score (nSPS) is 22.9. The number of allylic oxidation sites excluding steroid dienone is 1. The number of hydrogen-bond donors (Lipinski definition) is 0. The fourth-order valence-electron chi connectivity index (χ4n) is 3.19. The molecular weight excluding hydrogens is 448 g/mol. The monoisotopic (exact) mass is 473 g/mol. The fourth-order valence-corrected chi connectivity index (χ4v) is 6.92. The molecule has 3 heteroatoms. The van der Waals surface area contributed by atoms with Crippen LogP contribution in [0, 0.1) is 0 Å². The average molecular weight is 472 g/mol. The third kappa shape index (κ3) is 3.85. The fraction of sp³-hybridized carbons (Fsp3) is 0.526. The Balaban J connectivity index is 1.90. The molecule has 1 saturated carbocycles. The third-order valence-corrected chi connectivity index (χ3v) is 8.87. The van der Waals surface area contributed by atoms with Crippen LogP contribution < -0.4 is 0 Å². The van der Waals surface area contributed by atoms with Crippen molar-refractivity contribution in [2.24, 2.45) is 4.99 Å². The molecule has 0 unspecified atom stereocenters. The van der Waals surface area contributed by atoms with Crippen molar-refractivity contribution in [3.8, 4) is 0 Å². The number of fused-ring (bicyclic) bond motifs is 1. The van der Waals surface area contributed by atoms with Gasteiger partial charge < -0.3 is 0 Å². The zero-order valence-electron chi connectivity index (χ0n) is 13.3. The second-order valence-electron chi connectivity index (χ2n) is 6.21. The molecule has 1 aromatic carbocycles. The van der Waals surface area contributed by atoms with Crippen molar-refractivity contribution in [3.05, 3.63) is 39.0 Å². The summed E-state index contributed by atoms with van der Waals surface area (Å²) in [5, 5.41) is 0. The van der Waals surface area contributed by atoms with Crippen molar-refractivity contribution < 1.29 is 0 Å². The summed E-state index contributed by atoms with van der Waals surface area (Å²) in [6.45, 7) is 2.28. The Morgan fingerprint density at radius 3 is 2.64 bits per heavy atom. The van der Waals surface area contributed by atoms with Gasteiger partial charge in [-0.25, -0.2) is 0 Å². The summed E-state index contributed by atoms with van der Waals surface area (Å²) < 4.78 is 4.59. The maximum absolute atomic E-state index is 5.20. The van der Waals surface area contributed by atoms with Crippen LogP contribution in [0.2, 0.25) is 0 Å². The van der Waals surface area contributed by atoms with E-state index in [1.54, 1.807) is 8.05 Å². The van der Waals surface area contributed by atoms with Gasteiger partial charge in [0, 0.05) is 0 Å². The molecule has 0 spiro atoms. The molecule has 1 heterocycles. The van der Waals surface area contributed by atoms with E-state index in [1.165, 1.54) is 67.1 Å². The second-order valence-corrected chi connectivity index (χ2v) is 9.61. The number of halogens is 1. The van der Waals surface area contributed by atoms with Gasteiger partial charge in [-0.05, 0) is 0 Å². The van der Waals surface area contributed by atoms with Gasteiger partial charge in [0.1, 0.15) is 0 Å². The summed E-state index contributed by atoms with van der Waals surface area (Å²) in [6.07, 6.45) is 10.6. The van der Waals surface area contributed by atoms with E-state index < -0.39 is 0 Å². The van der Waals surface area contributed by atoms with Crippen LogP contribution in [0.4, 0.5) is 0 Å². The molecule has 0 bridgehead atoms. The number of rotatable bonds is 4. The van der Waals surface area contributed by atoms with Gasteiger partial charge in [0.15, 0.2) is 0 Å². The first-order valence-electron chi connectivity index (χ1n) is 8.53. The van der Waals surface area contributed by atoms with Crippen molar-refractivity contribution in [1.82, 2.24) is 0 Å². The van der Waals surface area contributed by atoms with E-state index >= 15 is 0 Å². The molecule has 0 atom stereocenters. The van der Waals surface area contributed by atoms with Crippen LogP contribution in [0.3, 0.4) is 0 Å². The number of aliphatic imine (C=N–C) groups is 1. The summed E-state index contributed by atoms with van der Waals surface area (Å²) in [5.41, 5.74) is 2.89. The first-order chi connectivity index (χ1) is 10.8. The van der Waals surface area contributed by atoms with Crippen molar-refractivity contribution in [1.29, 1.82) is 0 Å². The van der Waals surface area contributed by atoms with E-state index in [0.717, 1.165) is 0 Å². The molecule has 0 N–H and O–H groups in total. The predicted molar refractivity (Wildman–Crippen MR) is 106 cm³/mol. The van der Waals surface area contributed by atoms with Gasteiger partial charge in [0.25, 0.3) is 0 Å². The average Bonchev–Trinajstić information content (AvgIpc) is 2.93. The second kappa shape index (κ2) is 8.12. The summed E-state index contributed by atoms with van der Waals surface area (Å²) in [5.74, 6) is 0. The van der Waals surface area contributed by atoms with Gasteiger partial charge in [-0.1, -0.05) is 0 Å². The Labute approximate surface area is 154 Å². The van der Waals surface area contributed by atoms with E-state index in [4.69, 9.17) is 4.99 Å². The zero-order valence-corrected chi connectivity index (χ0v) is 17.1. The van der Waals surface area contributed by atoms with E-state index in [-0.39, 0.29) is 0 Å². The topological polar surface area (TPSA) is 12.4 Å². The maximum atomic E-state index is 5.20. The van der Waals surface area contributed by atoms with E-state index in [9.17, 15) is 0 Å². The van der Waals surface area contributed by atoms with Crippen LogP contribution >= 0.6 is 22.6 Å². The molecule has 0 saturated heterocycles. The molecule has 0 radical (unpaired) electrons. The number of hydrogen-bond acceptors (Lipinski definition) is 1. The zero-order chi connectivity index (χ0) is 15.4. The Morgan fingerprint density at radius 1 is 1.18 bits per heavy atom. The molecule has 1 nitrogen and oxygen atoms in total. The van der Waals surface area contributed by atoms with E-state index in [1.807, 2.05) is 0 Å². The van der Waals surface area contributed by atoms with Crippen LogP contribution in [0.25, 0.3) is 4.47 Å². The summed E-state index contributed by atoms with van der Waals surface area (Å²) in [7, 11) is 0. The molecule has 0 aromatic heterocycles. The number of benzene rings is 1. The van der Waals surface area contributed by atoms with Gasteiger partial charge in [-0.3, -0.25) is 0 Å². The van der Waals surface area contributed by atoms with Crippen LogP contribution in [0.1, 0.15) is 69.4 Å². The number of nitrogens with zero attached hydrogens (tertiary/aromatic N) is 1. The molecule has 0 amide bonds. The standard InChI is InChI=1S/C19H24INSe/c1-2-3-13-17(20)18-15-11-7-8-12-16(15)19(22-18)21-14-9-5-4-6-10-14/h7-8,11-12,14H,2-6,9-10,13H2,1H3/b18-17-,21-19?. The minimum atomic E-state index is 0.408. The Kier molecular flexibility index (Phi) is 6.17.